The van der Waals surface area contributed by atoms with Crippen LogP contribution in [0.4, 0.5) is 5.69 Å². The predicted octanol–water partition coefficient (Wildman–Crippen LogP) is 4.17. The van der Waals surface area contributed by atoms with Crippen molar-refractivity contribution >= 4 is 23.5 Å². The number of carboxylic acid groups (broad SMARTS) is 1. The number of unbranched alkanes of at least 4 members (excludes halogenated alkanes) is 1. The summed E-state index contributed by atoms with van der Waals surface area (Å²) in [5.41, 5.74) is -0.345. The van der Waals surface area contributed by atoms with E-state index in [1.165, 1.54) is 18.2 Å². The fourth-order valence-electron chi connectivity index (χ4n) is 5.02. The fraction of sp³-hybridized carbons (Fsp3) is 0.654. The molecule has 1 saturated carbocycles. The van der Waals surface area contributed by atoms with Gasteiger partial charge in [0.1, 0.15) is 5.75 Å². The Morgan fingerprint density at radius 1 is 1.24 bits per heavy atom. The van der Waals surface area contributed by atoms with E-state index < -0.39 is 17.5 Å². The molecule has 1 aromatic rings. The van der Waals surface area contributed by atoms with Crippen LogP contribution in [0.15, 0.2) is 12.1 Å². The van der Waals surface area contributed by atoms with Crippen LogP contribution in [0, 0.1) is 6.92 Å². The van der Waals surface area contributed by atoms with Crippen LogP contribution in [0.25, 0.3) is 0 Å². The Hall–Kier alpha value is -2.61. The first-order valence-corrected chi connectivity index (χ1v) is 12.3. The molecule has 1 N–H and O–H groups in total. The van der Waals surface area contributed by atoms with Gasteiger partial charge in [-0.25, -0.2) is 4.79 Å². The molecule has 34 heavy (non-hydrogen) atoms. The number of benzene rings is 1. The number of aliphatic carboxylic acids is 1. The number of carbonyl (C=O) groups excluding carboxylic acids is 2. The highest BCUT2D eigenvalue weighted by Crippen LogP contribution is 2.41. The first kappa shape index (κ1) is 26.0. The van der Waals surface area contributed by atoms with Crippen molar-refractivity contribution in [2.45, 2.75) is 90.3 Å². The number of carboxylic acids is 1. The molecule has 1 atom stereocenters. The van der Waals surface area contributed by atoms with Crippen LogP contribution in [0.5, 0.6) is 5.75 Å². The normalized spacial score (nSPS) is 20.8. The van der Waals surface area contributed by atoms with Crippen LogP contribution in [-0.4, -0.2) is 65.7 Å². The van der Waals surface area contributed by atoms with Crippen LogP contribution in [0.3, 0.4) is 0 Å². The molecule has 2 amide bonds. The lowest BCUT2D eigenvalue weighted by atomic mass is 9.92. The van der Waals surface area contributed by atoms with Gasteiger partial charge >= 0.3 is 5.97 Å². The second-order valence-electron chi connectivity index (χ2n) is 9.83. The van der Waals surface area contributed by atoms with E-state index in [1.807, 2.05) is 25.7 Å². The van der Waals surface area contributed by atoms with Crippen LogP contribution in [0.2, 0.25) is 0 Å². The monoisotopic (exact) mass is 474 g/mol. The molecule has 2 aliphatic rings. The van der Waals surface area contributed by atoms with Crippen molar-refractivity contribution in [3.8, 4) is 5.75 Å². The lowest BCUT2D eigenvalue weighted by molar-refractivity contribution is -0.161. The lowest BCUT2D eigenvalue weighted by Crippen LogP contribution is -2.59. The maximum absolute atomic E-state index is 13.8. The molecular formula is C26H38N2O6. The van der Waals surface area contributed by atoms with E-state index in [0.717, 1.165) is 32.1 Å². The quantitative estimate of drug-likeness (QED) is 0.426. The summed E-state index contributed by atoms with van der Waals surface area (Å²) < 4.78 is 10.9. The molecule has 0 aromatic heterocycles. The zero-order valence-corrected chi connectivity index (χ0v) is 21.1. The van der Waals surface area contributed by atoms with E-state index in [-0.39, 0.29) is 18.0 Å². The zero-order valence-electron chi connectivity index (χ0n) is 21.1. The molecular weight excluding hydrogens is 436 g/mol. The maximum Gasteiger partial charge on any atom is 0.357 e. The number of fused-ring (bicyclic) bond motifs is 1. The summed E-state index contributed by atoms with van der Waals surface area (Å²) in [6, 6.07) is 3.65. The third kappa shape index (κ3) is 5.06. The third-order valence-corrected chi connectivity index (χ3v) is 6.94. The summed E-state index contributed by atoms with van der Waals surface area (Å²) in [7, 11) is 1.62. The summed E-state index contributed by atoms with van der Waals surface area (Å²) in [6.45, 7) is 8.04. The molecule has 1 aliphatic heterocycles. The molecule has 1 fully saturated rings. The van der Waals surface area contributed by atoms with E-state index in [4.69, 9.17) is 9.47 Å². The van der Waals surface area contributed by atoms with Gasteiger partial charge in [-0.2, -0.15) is 0 Å². The number of carbonyl (C=O) groups is 3. The first-order valence-electron chi connectivity index (χ1n) is 12.3. The van der Waals surface area contributed by atoms with Crippen molar-refractivity contribution in [3.63, 3.8) is 0 Å². The molecule has 0 bridgehead atoms. The van der Waals surface area contributed by atoms with Crippen LogP contribution in [-0.2, 0) is 14.3 Å². The van der Waals surface area contributed by atoms with Gasteiger partial charge in [-0.3, -0.25) is 9.59 Å². The fourth-order valence-corrected chi connectivity index (χ4v) is 5.02. The van der Waals surface area contributed by atoms with Crippen LogP contribution >= 0.6 is 0 Å². The van der Waals surface area contributed by atoms with Gasteiger partial charge in [-0.1, -0.05) is 19.3 Å². The topological polar surface area (TPSA) is 96.4 Å². The highest BCUT2D eigenvalue weighted by Gasteiger charge is 2.51. The summed E-state index contributed by atoms with van der Waals surface area (Å²) in [4.78, 5) is 42.4. The largest absolute Gasteiger partial charge is 0.478 e. The van der Waals surface area contributed by atoms with E-state index in [1.54, 1.807) is 19.2 Å². The van der Waals surface area contributed by atoms with Gasteiger partial charge in [0.25, 0.3) is 17.4 Å². The molecule has 8 heteroatoms. The zero-order chi connectivity index (χ0) is 25.0. The number of hydrogen-bond donors (Lipinski definition) is 1. The Morgan fingerprint density at radius 3 is 2.50 bits per heavy atom. The molecule has 1 heterocycles. The minimum atomic E-state index is -2.02. The van der Waals surface area contributed by atoms with Crippen molar-refractivity contribution in [1.82, 2.24) is 4.90 Å². The van der Waals surface area contributed by atoms with Gasteiger partial charge in [0.05, 0.1) is 5.69 Å². The van der Waals surface area contributed by atoms with Gasteiger partial charge in [0.15, 0.2) is 0 Å². The molecule has 188 valence electrons. The van der Waals surface area contributed by atoms with E-state index in [9.17, 15) is 19.5 Å². The Balaban J connectivity index is 2.01. The molecule has 1 unspecified atom stereocenters. The Kier molecular flexibility index (Phi) is 8.23. The Morgan fingerprint density at radius 2 is 1.91 bits per heavy atom. The van der Waals surface area contributed by atoms with Gasteiger partial charge in [-0.05, 0) is 71.1 Å². The average Bonchev–Trinajstić information content (AvgIpc) is 2.79. The molecule has 1 aliphatic carbocycles. The maximum atomic E-state index is 13.8. The molecule has 3 rings (SSSR count). The Labute approximate surface area is 202 Å². The second kappa shape index (κ2) is 10.8. The molecule has 0 saturated heterocycles. The number of ether oxygens (including phenoxy) is 2. The summed E-state index contributed by atoms with van der Waals surface area (Å²) in [6.07, 6.45) is 6.79. The van der Waals surface area contributed by atoms with Crippen molar-refractivity contribution in [3.05, 3.63) is 23.3 Å². The second-order valence-corrected chi connectivity index (χ2v) is 9.83. The standard InChI is InChI=1S/C26H38N2O6/c1-17(2)28(19-11-7-6-8-12-19)23(29)20-16-21-22(15-18(20)3)34-26(4,25(31)32)24(30)27(21)13-9-10-14-33-5/h15-17,19H,6-14H2,1-5H3,(H,31,32). The van der Waals surface area contributed by atoms with Crippen LogP contribution in [0.1, 0.15) is 81.6 Å². The van der Waals surface area contributed by atoms with E-state index in [2.05, 4.69) is 0 Å². The number of amides is 2. The number of hydrogen-bond acceptors (Lipinski definition) is 5. The first-order chi connectivity index (χ1) is 16.1. The number of nitrogens with zero attached hydrogens (tertiary/aromatic N) is 2. The minimum absolute atomic E-state index is 0.0457. The van der Waals surface area contributed by atoms with E-state index >= 15 is 0 Å². The SMILES string of the molecule is COCCCCN1C(=O)C(C)(C(=O)O)Oc2cc(C)c(C(=O)N(C(C)C)C3CCCCC3)cc21. The molecule has 0 spiro atoms. The summed E-state index contributed by atoms with van der Waals surface area (Å²) in [5.74, 6) is -1.73. The van der Waals surface area contributed by atoms with Gasteiger partial charge in [0, 0.05) is 37.9 Å². The number of rotatable bonds is 9. The number of anilines is 1. The van der Waals surface area contributed by atoms with Crippen molar-refractivity contribution < 1.29 is 29.0 Å². The van der Waals surface area contributed by atoms with Gasteiger partial charge in [-0.15, -0.1) is 0 Å². The summed E-state index contributed by atoms with van der Waals surface area (Å²) >= 11 is 0. The van der Waals surface area contributed by atoms with Gasteiger partial charge in [0.2, 0.25) is 0 Å². The minimum Gasteiger partial charge on any atom is -0.478 e. The smallest absolute Gasteiger partial charge is 0.357 e. The highest BCUT2D eigenvalue weighted by molar-refractivity contribution is 6.15. The third-order valence-electron chi connectivity index (χ3n) is 6.94. The van der Waals surface area contributed by atoms with Gasteiger partial charge < -0.3 is 24.4 Å². The summed E-state index contributed by atoms with van der Waals surface area (Å²) in [5, 5.41) is 9.76. The number of aryl methyl sites for hydroxylation is 1. The lowest BCUT2D eigenvalue weighted by Gasteiger charge is -2.40. The Bertz CT molecular complexity index is 924. The molecule has 8 nitrogen and oxygen atoms in total. The molecule has 0 radical (unpaired) electrons. The van der Waals surface area contributed by atoms with Crippen molar-refractivity contribution in [2.24, 2.45) is 0 Å². The average molecular weight is 475 g/mol. The van der Waals surface area contributed by atoms with Crippen molar-refractivity contribution in [1.29, 1.82) is 0 Å². The van der Waals surface area contributed by atoms with Crippen LogP contribution < -0.4 is 9.64 Å². The highest BCUT2D eigenvalue weighted by atomic mass is 16.5. The number of methoxy groups -OCH3 is 1. The van der Waals surface area contributed by atoms with E-state index in [0.29, 0.717) is 42.1 Å². The molecule has 1 aromatic carbocycles. The van der Waals surface area contributed by atoms with Crippen molar-refractivity contribution in [2.75, 3.05) is 25.2 Å². The predicted molar refractivity (Wildman–Crippen MR) is 129 cm³/mol.